The topological polar surface area (TPSA) is 96.5 Å². The zero-order valence-corrected chi connectivity index (χ0v) is 18.3. The van der Waals surface area contributed by atoms with Crippen LogP contribution in [0.1, 0.15) is 37.2 Å². The standard InChI is InChI=1S/C22H26N8O2/c1-3-19-26-27-21(32-19)14(2)30-12-16-13-31-9-8-28(16)20-18(30)11-24-22(25-20)29-7-5-15-10-23-6-4-17(15)29/h4,6,10-11,14,16H,3,5,7-9,12-13H2,1-2H3/t14?,16-/m1/s1. The maximum atomic E-state index is 5.88. The summed E-state index contributed by atoms with van der Waals surface area (Å²) in [7, 11) is 0. The Morgan fingerprint density at radius 3 is 3.00 bits per heavy atom. The molecule has 1 saturated heterocycles. The minimum atomic E-state index is -0.0846. The van der Waals surface area contributed by atoms with Gasteiger partial charge in [0, 0.05) is 38.4 Å². The van der Waals surface area contributed by atoms with Crippen LogP contribution in [0.15, 0.2) is 29.1 Å². The molecule has 0 radical (unpaired) electrons. The zero-order valence-electron chi connectivity index (χ0n) is 18.3. The number of hydrogen-bond donors (Lipinski definition) is 0. The summed E-state index contributed by atoms with van der Waals surface area (Å²) in [5, 5.41) is 8.44. The molecule has 0 aliphatic carbocycles. The van der Waals surface area contributed by atoms with Crippen molar-refractivity contribution in [2.24, 2.45) is 0 Å². The summed E-state index contributed by atoms with van der Waals surface area (Å²) in [6.07, 6.45) is 7.37. The highest BCUT2D eigenvalue weighted by Crippen LogP contribution is 2.41. The van der Waals surface area contributed by atoms with Crippen LogP contribution in [0.4, 0.5) is 23.1 Å². The lowest BCUT2D eigenvalue weighted by molar-refractivity contribution is 0.0929. The Morgan fingerprint density at radius 2 is 2.12 bits per heavy atom. The second-order valence-corrected chi connectivity index (χ2v) is 8.42. The van der Waals surface area contributed by atoms with E-state index in [1.54, 1.807) is 0 Å². The quantitative estimate of drug-likeness (QED) is 0.608. The number of aromatic nitrogens is 5. The summed E-state index contributed by atoms with van der Waals surface area (Å²) >= 11 is 0. The van der Waals surface area contributed by atoms with Crippen molar-refractivity contribution in [2.75, 3.05) is 47.5 Å². The predicted molar refractivity (Wildman–Crippen MR) is 118 cm³/mol. The number of fused-ring (bicyclic) bond motifs is 4. The molecule has 3 aromatic heterocycles. The van der Waals surface area contributed by atoms with Crippen LogP contribution in [-0.2, 0) is 17.6 Å². The number of ether oxygens (including phenoxy) is 1. The highest BCUT2D eigenvalue weighted by Gasteiger charge is 2.38. The van der Waals surface area contributed by atoms with Crippen LogP contribution in [0.2, 0.25) is 0 Å². The smallest absolute Gasteiger partial charge is 0.238 e. The van der Waals surface area contributed by atoms with Gasteiger partial charge in [0.25, 0.3) is 0 Å². The van der Waals surface area contributed by atoms with Crippen LogP contribution < -0.4 is 14.7 Å². The fraction of sp³-hybridized carbons (Fsp3) is 0.500. The number of rotatable bonds is 4. The van der Waals surface area contributed by atoms with Crippen LogP contribution >= 0.6 is 0 Å². The van der Waals surface area contributed by atoms with Crippen LogP contribution in [0.3, 0.4) is 0 Å². The third kappa shape index (κ3) is 3.09. The van der Waals surface area contributed by atoms with E-state index in [-0.39, 0.29) is 12.1 Å². The van der Waals surface area contributed by atoms with Crippen molar-refractivity contribution in [3.05, 3.63) is 42.0 Å². The molecule has 0 N–H and O–H groups in total. The van der Waals surface area contributed by atoms with E-state index in [1.807, 2.05) is 31.6 Å². The van der Waals surface area contributed by atoms with Crippen LogP contribution in [0, 0.1) is 0 Å². The number of anilines is 4. The number of nitrogens with zero attached hydrogens (tertiary/aromatic N) is 8. The molecule has 0 spiro atoms. The molecule has 10 nitrogen and oxygen atoms in total. The maximum Gasteiger partial charge on any atom is 0.238 e. The van der Waals surface area contributed by atoms with Gasteiger partial charge in [-0.3, -0.25) is 4.98 Å². The monoisotopic (exact) mass is 434 g/mol. The normalized spacial score (nSPS) is 20.7. The molecule has 3 aliphatic rings. The van der Waals surface area contributed by atoms with Crippen molar-refractivity contribution >= 4 is 23.1 Å². The van der Waals surface area contributed by atoms with E-state index in [2.05, 4.69) is 36.8 Å². The van der Waals surface area contributed by atoms with E-state index < -0.39 is 0 Å². The fourth-order valence-electron chi connectivity index (χ4n) is 4.83. The molecule has 0 amide bonds. The maximum absolute atomic E-state index is 5.88. The van der Waals surface area contributed by atoms with Crippen molar-refractivity contribution in [1.82, 2.24) is 25.1 Å². The third-order valence-corrected chi connectivity index (χ3v) is 6.58. The molecule has 32 heavy (non-hydrogen) atoms. The Hall–Kier alpha value is -3.27. The molecule has 6 heterocycles. The first kappa shape index (κ1) is 19.4. The van der Waals surface area contributed by atoms with Crippen molar-refractivity contribution in [1.29, 1.82) is 0 Å². The number of morpholine rings is 1. The summed E-state index contributed by atoms with van der Waals surface area (Å²) in [6.45, 7) is 7.94. The molecule has 3 aliphatic heterocycles. The lowest BCUT2D eigenvalue weighted by Crippen LogP contribution is -2.56. The van der Waals surface area contributed by atoms with Crippen molar-refractivity contribution in [3.8, 4) is 0 Å². The van der Waals surface area contributed by atoms with Crippen LogP contribution in [0.25, 0.3) is 0 Å². The lowest BCUT2D eigenvalue weighted by atomic mass is 10.1. The largest absolute Gasteiger partial charge is 0.423 e. The van der Waals surface area contributed by atoms with Crippen molar-refractivity contribution < 1.29 is 9.15 Å². The Balaban J connectivity index is 1.40. The van der Waals surface area contributed by atoms with E-state index in [1.165, 1.54) is 5.56 Å². The molecular weight excluding hydrogens is 408 g/mol. The molecule has 6 rings (SSSR count). The minimum absolute atomic E-state index is 0.0846. The predicted octanol–water partition coefficient (Wildman–Crippen LogP) is 2.30. The molecule has 0 saturated carbocycles. The highest BCUT2D eigenvalue weighted by molar-refractivity contribution is 5.74. The summed E-state index contributed by atoms with van der Waals surface area (Å²) in [5.74, 6) is 2.93. The Bertz CT molecular complexity index is 1130. The highest BCUT2D eigenvalue weighted by atomic mass is 16.5. The van der Waals surface area contributed by atoms with Gasteiger partial charge >= 0.3 is 0 Å². The van der Waals surface area contributed by atoms with E-state index in [0.717, 1.165) is 55.6 Å². The first-order chi connectivity index (χ1) is 15.7. The molecule has 2 atom stereocenters. The molecule has 0 aromatic carbocycles. The fourth-order valence-corrected chi connectivity index (χ4v) is 4.83. The van der Waals surface area contributed by atoms with Gasteiger partial charge in [0.15, 0.2) is 5.82 Å². The number of pyridine rings is 1. The molecular formula is C22H26N8O2. The van der Waals surface area contributed by atoms with Gasteiger partial charge < -0.3 is 23.9 Å². The van der Waals surface area contributed by atoms with Gasteiger partial charge in [0.2, 0.25) is 17.7 Å². The lowest BCUT2D eigenvalue weighted by Gasteiger charge is -2.46. The van der Waals surface area contributed by atoms with E-state index in [0.29, 0.717) is 25.0 Å². The summed E-state index contributed by atoms with van der Waals surface area (Å²) in [5.41, 5.74) is 3.36. The number of aryl methyl sites for hydroxylation is 1. The van der Waals surface area contributed by atoms with Crippen LogP contribution in [0.5, 0.6) is 0 Å². The molecule has 1 fully saturated rings. The van der Waals surface area contributed by atoms with Gasteiger partial charge in [-0.05, 0) is 25.0 Å². The molecule has 10 heteroatoms. The zero-order chi connectivity index (χ0) is 21.7. The van der Waals surface area contributed by atoms with Gasteiger partial charge in [-0.15, -0.1) is 10.2 Å². The molecule has 166 valence electrons. The van der Waals surface area contributed by atoms with E-state index >= 15 is 0 Å². The SMILES string of the molecule is CCc1nnc(C(C)N2C[C@@H]3COCCN3c3nc(N4CCc5cnccc54)ncc32)o1. The Morgan fingerprint density at radius 1 is 1.19 bits per heavy atom. The summed E-state index contributed by atoms with van der Waals surface area (Å²) in [4.78, 5) is 20.9. The van der Waals surface area contributed by atoms with E-state index in [9.17, 15) is 0 Å². The second kappa shape index (κ2) is 7.70. The molecule has 0 bridgehead atoms. The van der Waals surface area contributed by atoms with Crippen LogP contribution in [-0.4, -0.2) is 64.0 Å². The molecule has 1 unspecified atom stereocenters. The minimum Gasteiger partial charge on any atom is -0.423 e. The van der Waals surface area contributed by atoms with Crippen molar-refractivity contribution in [3.63, 3.8) is 0 Å². The Kier molecular flexibility index (Phi) is 4.67. The van der Waals surface area contributed by atoms with Gasteiger partial charge in [-0.25, -0.2) is 4.98 Å². The van der Waals surface area contributed by atoms with Gasteiger partial charge in [-0.2, -0.15) is 4.98 Å². The van der Waals surface area contributed by atoms with Gasteiger partial charge in [-0.1, -0.05) is 6.92 Å². The summed E-state index contributed by atoms with van der Waals surface area (Å²) < 4.78 is 11.7. The Labute approximate surface area is 186 Å². The third-order valence-electron chi connectivity index (χ3n) is 6.58. The van der Waals surface area contributed by atoms with Crippen molar-refractivity contribution in [2.45, 2.75) is 38.8 Å². The number of hydrogen-bond acceptors (Lipinski definition) is 10. The van der Waals surface area contributed by atoms with Gasteiger partial charge in [0.05, 0.1) is 36.8 Å². The summed E-state index contributed by atoms with van der Waals surface area (Å²) in [6, 6.07) is 2.17. The first-order valence-electron chi connectivity index (χ1n) is 11.2. The average Bonchev–Trinajstić information content (AvgIpc) is 3.50. The van der Waals surface area contributed by atoms with E-state index in [4.69, 9.17) is 19.1 Å². The van der Waals surface area contributed by atoms with Gasteiger partial charge in [0.1, 0.15) is 6.04 Å². The molecule has 3 aromatic rings. The second-order valence-electron chi connectivity index (χ2n) is 8.42. The first-order valence-corrected chi connectivity index (χ1v) is 11.2. The average molecular weight is 435 g/mol.